The third kappa shape index (κ3) is 7.96. The molecule has 1 aromatic rings. The minimum absolute atomic E-state index is 0.0708. The Kier molecular flexibility index (Phi) is 7.01. The third-order valence-corrected chi connectivity index (χ3v) is 5.49. The molecule has 0 unspecified atom stereocenters. The van der Waals surface area contributed by atoms with E-state index in [1.54, 1.807) is 53.7 Å². The lowest BCUT2D eigenvalue weighted by Crippen LogP contribution is -2.45. The Hall–Kier alpha value is -2.13. The van der Waals surface area contributed by atoms with E-state index in [4.69, 9.17) is 5.11 Å². The lowest BCUT2D eigenvalue weighted by atomic mass is 9.99. The van der Waals surface area contributed by atoms with Crippen molar-refractivity contribution >= 4 is 27.7 Å². The topological polar surface area (TPSA) is 125 Å². The summed E-state index contributed by atoms with van der Waals surface area (Å²) in [6, 6.07) is 4.08. The number of amides is 2. The molecule has 0 aliphatic heterocycles. The SMILES string of the molecule is Cc1ccc(NC(=O)NC(C)(C)CCC(=O)O)cc1S(=O)(=O)NC(C)(C)C. The summed E-state index contributed by atoms with van der Waals surface area (Å²) in [4.78, 5) is 23.0. The van der Waals surface area contributed by atoms with Crippen molar-refractivity contribution in [1.29, 1.82) is 0 Å². The van der Waals surface area contributed by atoms with Crippen LogP contribution < -0.4 is 15.4 Å². The van der Waals surface area contributed by atoms with E-state index in [0.717, 1.165) is 0 Å². The number of hydrogen-bond acceptors (Lipinski definition) is 4. The van der Waals surface area contributed by atoms with Crippen LogP contribution in [0, 0.1) is 6.92 Å². The molecule has 152 valence electrons. The summed E-state index contributed by atoms with van der Waals surface area (Å²) in [5, 5.41) is 14.1. The fourth-order valence-corrected chi connectivity index (χ4v) is 4.07. The molecular weight excluding hydrogens is 370 g/mol. The number of carbonyl (C=O) groups excluding carboxylic acids is 1. The number of carboxylic acids is 1. The van der Waals surface area contributed by atoms with Gasteiger partial charge in [-0.2, -0.15) is 0 Å². The fourth-order valence-electron chi connectivity index (χ4n) is 2.38. The van der Waals surface area contributed by atoms with Crippen molar-refractivity contribution in [1.82, 2.24) is 10.0 Å². The average molecular weight is 400 g/mol. The van der Waals surface area contributed by atoms with Gasteiger partial charge in [0, 0.05) is 23.2 Å². The number of carbonyl (C=O) groups is 2. The molecule has 0 fully saturated rings. The van der Waals surface area contributed by atoms with Gasteiger partial charge < -0.3 is 15.7 Å². The molecule has 0 aliphatic rings. The van der Waals surface area contributed by atoms with Crippen molar-refractivity contribution in [2.45, 2.75) is 70.4 Å². The molecule has 4 N–H and O–H groups in total. The molecule has 0 aromatic heterocycles. The number of urea groups is 1. The molecule has 0 radical (unpaired) electrons. The van der Waals surface area contributed by atoms with Crippen LogP contribution in [-0.2, 0) is 14.8 Å². The quantitative estimate of drug-likeness (QED) is 0.561. The first kappa shape index (κ1) is 22.9. The number of hydrogen-bond donors (Lipinski definition) is 4. The number of benzene rings is 1. The van der Waals surface area contributed by atoms with Crippen LogP contribution in [0.25, 0.3) is 0 Å². The Bertz CT molecular complexity index is 811. The molecule has 9 heteroatoms. The molecular formula is C18H29N3O5S. The zero-order chi connectivity index (χ0) is 21.0. The maximum absolute atomic E-state index is 12.6. The van der Waals surface area contributed by atoms with Crippen molar-refractivity contribution < 1.29 is 23.1 Å². The van der Waals surface area contributed by atoms with E-state index in [1.165, 1.54) is 6.07 Å². The molecule has 1 aromatic carbocycles. The van der Waals surface area contributed by atoms with Crippen molar-refractivity contribution in [2.24, 2.45) is 0 Å². The maximum atomic E-state index is 12.6. The first-order valence-corrected chi connectivity index (χ1v) is 10.1. The highest BCUT2D eigenvalue weighted by atomic mass is 32.2. The molecule has 0 heterocycles. The predicted octanol–water partition coefficient (Wildman–Crippen LogP) is 2.84. The van der Waals surface area contributed by atoms with Crippen molar-refractivity contribution in [3.63, 3.8) is 0 Å². The van der Waals surface area contributed by atoms with Crippen LogP contribution in [0.1, 0.15) is 53.0 Å². The van der Waals surface area contributed by atoms with Gasteiger partial charge in [0.05, 0.1) is 4.90 Å². The molecule has 0 aliphatic carbocycles. The van der Waals surface area contributed by atoms with E-state index < -0.39 is 33.1 Å². The van der Waals surface area contributed by atoms with Gasteiger partial charge in [0.2, 0.25) is 10.0 Å². The summed E-state index contributed by atoms with van der Waals surface area (Å²) in [6.45, 7) is 10.3. The van der Waals surface area contributed by atoms with Crippen LogP contribution in [0.15, 0.2) is 23.1 Å². The van der Waals surface area contributed by atoms with Gasteiger partial charge in [0.1, 0.15) is 0 Å². The summed E-state index contributed by atoms with van der Waals surface area (Å²) in [7, 11) is -3.75. The second-order valence-corrected chi connectivity index (χ2v) is 9.84. The summed E-state index contributed by atoms with van der Waals surface area (Å²) in [5.41, 5.74) is -0.489. The first-order chi connectivity index (χ1) is 12.1. The smallest absolute Gasteiger partial charge is 0.319 e. The molecule has 0 bridgehead atoms. The Morgan fingerprint density at radius 3 is 2.22 bits per heavy atom. The number of carboxylic acid groups (broad SMARTS) is 1. The van der Waals surface area contributed by atoms with Gasteiger partial charge in [0.25, 0.3) is 0 Å². The van der Waals surface area contributed by atoms with E-state index in [-0.39, 0.29) is 17.7 Å². The Labute approximate surface area is 160 Å². The number of rotatable bonds is 7. The third-order valence-electron chi connectivity index (χ3n) is 3.59. The van der Waals surface area contributed by atoms with Crippen LogP contribution in [-0.4, -0.2) is 36.6 Å². The zero-order valence-corrected chi connectivity index (χ0v) is 17.5. The minimum atomic E-state index is -3.75. The lowest BCUT2D eigenvalue weighted by molar-refractivity contribution is -0.137. The highest BCUT2D eigenvalue weighted by molar-refractivity contribution is 7.89. The van der Waals surface area contributed by atoms with E-state index >= 15 is 0 Å². The molecule has 1 rings (SSSR count). The van der Waals surface area contributed by atoms with Crippen LogP contribution >= 0.6 is 0 Å². The molecule has 2 amide bonds. The van der Waals surface area contributed by atoms with Crippen LogP contribution in [0.2, 0.25) is 0 Å². The fraction of sp³-hybridized carbons (Fsp3) is 0.556. The zero-order valence-electron chi connectivity index (χ0n) is 16.6. The maximum Gasteiger partial charge on any atom is 0.319 e. The van der Waals surface area contributed by atoms with E-state index in [1.807, 2.05) is 0 Å². The van der Waals surface area contributed by atoms with Gasteiger partial charge in [-0.15, -0.1) is 0 Å². The van der Waals surface area contributed by atoms with Gasteiger partial charge in [-0.3, -0.25) is 4.79 Å². The minimum Gasteiger partial charge on any atom is -0.481 e. The Balaban J connectivity index is 2.94. The first-order valence-electron chi connectivity index (χ1n) is 8.57. The van der Waals surface area contributed by atoms with E-state index in [2.05, 4.69) is 15.4 Å². The normalized spacial score (nSPS) is 12.5. The Morgan fingerprint density at radius 2 is 1.70 bits per heavy atom. The molecule has 0 saturated heterocycles. The van der Waals surface area contributed by atoms with E-state index in [9.17, 15) is 18.0 Å². The predicted molar refractivity (Wildman–Crippen MR) is 104 cm³/mol. The number of sulfonamides is 1. The van der Waals surface area contributed by atoms with Crippen LogP contribution in [0.4, 0.5) is 10.5 Å². The summed E-state index contributed by atoms with van der Waals surface area (Å²) in [5.74, 6) is -0.940. The second kappa shape index (κ2) is 8.26. The number of nitrogens with one attached hydrogen (secondary N) is 3. The largest absolute Gasteiger partial charge is 0.481 e. The second-order valence-electron chi connectivity index (χ2n) is 8.19. The summed E-state index contributed by atoms with van der Waals surface area (Å²) in [6.07, 6.45) is 0.192. The van der Waals surface area contributed by atoms with Gasteiger partial charge in [0.15, 0.2) is 0 Å². The number of anilines is 1. The van der Waals surface area contributed by atoms with Gasteiger partial charge >= 0.3 is 12.0 Å². The number of aryl methyl sites for hydroxylation is 1. The average Bonchev–Trinajstić information content (AvgIpc) is 2.44. The summed E-state index contributed by atoms with van der Waals surface area (Å²) < 4.78 is 27.8. The molecule has 0 atom stereocenters. The van der Waals surface area contributed by atoms with E-state index in [0.29, 0.717) is 11.3 Å². The van der Waals surface area contributed by atoms with Crippen molar-refractivity contribution in [3.8, 4) is 0 Å². The van der Waals surface area contributed by atoms with Gasteiger partial charge in [-0.25, -0.2) is 17.9 Å². The van der Waals surface area contributed by atoms with Crippen molar-refractivity contribution in [2.75, 3.05) is 5.32 Å². The number of aliphatic carboxylic acids is 1. The molecule has 8 nitrogen and oxygen atoms in total. The van der Waals surface area contributed by atoms with Gasteiger partial charge in [-0.05, 0) is 65.7 Å². The molecule has 27 heavy (non-hydrogen) atoms. The van der Waals surface area contributed by atoms with Crippen LogP contribution in [0.3, 0.4) is 0 Å². The highest BCUT2D eigenvalue weighted by Gasteiger charge is 2.25. The van der Waals surface area contributed by atoms with Crippen molar-refractivity contribution in [3.05, 3.63) is 23.8 Å². The Morgan fingerprint density at radius 1 is 1.11 bits per heavy atom. The molecule has 0 saturated carbocycles. The van der Waals surface area contributed by atoms with Crippen LogP contribution in [0.5, 0.6) is 0 Å². The summed E-state index contributed by atoms with van der Waals surface area (Å²) >= 11 is 0. The lowest BCUT2D eigenvalue weighted by Gasteiger charge is -2.26. The standard InChI is InChI=1S/C18H29N3O5S/c1-12-7-8-13(11-14(12)27(25,26)21-17(2,3)4)19-16(24)20-18(5,6)10-9-15(22)23/h7-8,11,21H,9-10H2,1-6H3,(H,22,23)(H2,19,20,24). The highest BCUT2D eigenvalue weighted by Crippen LogP contribution is 2.22. The molecule has 0 spiro atoms. The monoisotopic (exact) mass is 399 g/mol. The van der Waals surface area contributed by atoms with Gasteiger partial charge in [-0.1, -0.05) is 6.07 Å².